The van der Waals surface area contributed by atoms with E-state index in [1.807, 2.05) is 72.8 Å². The van der Waals surface area contributed by atoms with E-state index in [0.29, 0.717) is 28.3 Å². The van der Waals surface area contributed by atoms with Crippen molar-refractivity contribution in [1.82, 2.24) is 0 Å². The molecule has 1 aromatic heterocycles. The molecular formula is C24H17ClN2O2. The van der Waals surface area contributed by atoms with Crippen LogP contribution in [-0.4, -0.2) is 5.71 Å². The number of fused-ring (bicyclic) bond motifs is 2. The number of para-hydroxylation sites is 3. The number of aliphatic imine (C=N–C) groups is 1. The standard InChI is InChI=1S/C24H17ClN2O2/c25-17-11-9-15(10-12-17)21-14-22(27-20-7-3-2-6-19(20)26-21)18-13-16-5-1-4-8-23(16)29-24(18)28/h1-13,21,26H,14H2. The van der Waals surface area contributed by atoms with E-state index >= 15 is 0 Å². The number of anilines is 1. The Labute approximate surface area is 172 Å². The summed E-state index contributed by atoms with van der Waals surface area (Å²) in [5.74, 6) is 0. The molecule has 0 saturated carbocycles. The molecule has 1 unspecified atom stereocenters. The fourth-order valence-electron chi connectivity index (χ4n) is 3.65. The molecule has 0 saturated heterocycles. The quantitative estimate of drug-likeness (QED) is 0.412. The molecule has 4 nitrogen and oxygen atoms in total. The summed E-state index contributed by atoms with van der Waals surface area (Å²) in [6, 6.07) is 24.9. The third-order valence-electron chi connectivity index (χ3n) is 5.11. The fourth-order valence-corrected chi connectivity index (χ4v) is 3.77. The summed E-state index contributed by atoms with van der Waals surface area (Å²) in [7, 11) is 0. The van der Waals surface area contributed by atoms with Crippen molar-refractivity contribution in [3.8, 4) is 0 Å². The Balaban J connectivity index is 1.66. The molecule has 4 aromatic rings. The van der Waals surface area contributed by atoms with Crippen LogP contribution in [0.15, 0.2) is 93.1 Å². The van der Waals surface area contributed by atoms with E-state index in [0.717, 1.165) is 22.3 Å². The van der Waals surface area contributed by atoms with Crippen LogP contribution in [0.5, 0.6) is 0 Å². The summed E-state index contributed by atoms with van der Waals surface area (Å²) in [6.07, 6.45) is 0.541. The van der Waals surface area contributed by atoms with Gasteiger partial charge < -0.3 is 9.73 Å². The Hall–Kier alpha value is -3.37. The molecule has 0 spiro atoms. The minimum absolute atomic E-state index is 0.0551. The average molecular weight is 401 g/mol. The van der Waals surface area contributed by atoms with Gasteiger partial charge in [-0.25, -0.2) is 4.79 Å². The molecule has 1 N–H and O–H groups in total. The monoisotopic (exact) mass is 400 g/mol. The van der Waals surface area contributed by atoms with Crippen molar-refractivity contribution in [2.45, 2.75) is 12.5 Å². The van der Waals surface area contributed by atoms with Crippen molar-refractivity contribution in [3.63, 3.8) is 0 Å². The smallest absolute Gasteiger partial charge is 0.345 e. The van der Waals surface area contributed by atoms with Crippen LogP contribution < -0.4 is 10.9 Å². The topological polar surface area (TPSA) is 54.6 Å². The van der Waals surface area contributed by atoms with Crippen LogP contribution in [0.4, 0.5) is 11.4 Å². The van der Waals surface area contributed by atoms with Crippen LogP contribution in [0.1, 0.15) is 23.6 Å². The lowest BCUT2D eigenvalue weighted by atomic mass is 9.97. The van der Waals surface area contributed by atoms with Crippen LogP contribution in [-0.2, 0) is 0 Å². The molecule has 5 rings (SSSR count). The largest absolute Gasteiger partial charge is 0.422 e. The minimum atomic E-state index is -0.378. The van der Waals surface area contributed by atoms with Gasteiger partial charge >= 0.3 is 5.63 Å². The fraction of sp³-hybridized carbons (Fsp3) is 0.0833. The van der Waals surface area contributed by atoms with Gasteiger partial charge in [-0.05, 0) is 42.0 Å². The van der Waals surface area contributed by atoms with Gasteiger partial charge in [0.15, 0.2) is 0 Å². The van der Waals surface area contributed by atoms with Crippen molar-refractivity contribution in [3.05, 3.63) is 105 Å². The first-order valence-electron chi connectivity index (χ1n) is 9.39. The van der Waals surface area contributed by atoms with Gasteiger partial charge in [0.1, 0.15) is 5.58 Å². The van der Waals surface area contributed by atoms with Crippen LogP contribution in [0.2, 0.25) is 5.02 Å². The summed E-state index contributed by atoms with van der Waals surface area (Å²) in [6.45, 7) is 0. The number of nitrogens with zero attached hydrogens (tertiary/aromatic N) is 1. The molecule has 2 heterocycles. The highest BCUT2D eigenvalue weighted by Gasteiger charge is 2.23. The zero-order valence-corrected chi connectivity index (χ0v) is 16.2. The van der Waals surface area contributed by atoms with Gasteiger partial charge in [0, 0.05) is 16.8 Å². The molecule has 5 heteroatoms. The first-order valence-corrected chi connectivity index (χ1v) is 9.77. The average Bonchev–Trinajstić information content (AvgIpc) is 2.93. The van der Waals surface area contributed by atoms with Gasteiger partial charge in [-0.1, -0.05) is 54.1 Å². The molecular weight excluding hydrogens is 384 g/mol. The molecule has 142 valence electrons. The lowest BCUT2D eigenvalue weighted by molar-refractivity contribution is 0.559. The molecule has 3 aromatic carbocycles. The van der Waals surface area contributed by atoms with E-state index in [2.05, 4.69) is 5.32 Å². The summed E-state index contributed by atoms with van der Waals surface area (Å²) in [5, 5.41) is 5.12. The molecule has 0 fully saturated rings. The minimum Gasteiger partial charge on any atom is -0.422 e. The van der Waals surface area contributed by atoms with Crippen LogP contribution in [0.3, 0.4) is 0 Å². The van der Waals surface area contributed by atoms with E-state index in [1.165, 1.54) is 0 Å². The zero-order valence-electron chi connectivity index (χ0n) is 15.4. The maximum atomic E-state index is 12.8. The van der Waals surface area contributed by atoms with E-state index in [1.54, 1.807) is 6.07 Å². The molecule has 29 heavy (non-hydrogen) atoms. The van der Waals surface area contributed by atoms with Crippen molar-refractivity contribution in [2.24, 2.45) is 4.99 Å². The lowest BCUT2D eigenvalue weighted by Gasteiger charge is -2.19. The van der Waals surface area contributed by atoms with Gasteiger partial charge in [-0.2, -0.15) is 0 Å². The molecule has 0 amide bonds. The molecule has 0 aliphatic carbocycles. The molecule has 0 radical (unpaired) electrons. The van der Waals surface area contributed by atoms with E-state index in [4.69, 9.17) is 21.0 Å². The van der Waals surface area contributed by atoms with Gasteiger partial charge in [0.25, 0.3) is 0 Å². The Kier molecular flexibility index (Phi) is 4.41. The number of halogens is 1. The molecule has 1 aliphatic rings. The Morgan fingerprint density at radius 3 is 2.59 bits per heavy atom. The highest BCUT2D eigenvalue weighted by Crippen LogP contribution is 2.35. The van der Waals surface area contributed by atoms with E-state index in [-0.39, 0.29) is 11.7 Å². The van der Waals surface area contributed by atoms with Gasteiger partial charge in [0.05, 0.1) is 28.7 Å². The number of hydrogen-bond donors (Lipinski definition) is 1. The second kappa shape index (κ2) is 7.22. The maximum Gasteiger partial charge on any atom is 0.345 e. The second-order valence-electron chi connectivity index (χ2n) is 7.01. The van der Waals surface area contributed by atoms with Gasteiger partial charge in [0.2, 0.25) is 0 Å². The summed E-state index contributed by atoms with van der Waals surface area (Å²) in [5.41, 5.74) is 4.17. The van der Waals surface area contributed by atoms with Crippen molar-refractivity contribution < 1.29 is 4.42 Å². The highest BCUT2D eigenvalue weighted by atomic mass is 35.5. The molecule has 0 bridgehead atoms. The third kappa shape index (κ3) is 3.43. The van der Waals surface area contributed by atoms with Gasteiger partial charge in [-0.3, -0.25) is 4.99 Å². The normalized spacial score (nSPS) is 15.9. The van der Waals surface area contributed by atoms with E-state index < -0.39 is 0 Å². The Morgan fingerprint density at radius 1 is 0.966 bits per heavy atom. The Bertz CT molecular complexity index is 1290. The maximum absolute atomic E-state index is 12.8. The number of nitrogens with one attached hydrogen (secondary N) is 1. The molecule has 1 atom stereocenters. The van der Waals surface area contributed by atoms with E-state index in [9.17, 15) is 4.79 Å². The number of benzene rings is 3. The van der Waals surface area contributed by atoms with Crippen molar-refractivity contribution in [2.75, 3.05) is 5.32 Å². The summed E-state index contributed by atoms with van der Waals surface area (Å²) < 4.78 is 5.56. The SMILES string of the molecule is O=c1oc2ccccc2cc1C1=Nc2ccccc2NC(c2ccc(Cl)cc2)C1. The summed E-state index contributed by atoms with van der Waals surface area (Å²) >= 11 is 6.07. The first kappa shape index (κ1) is 17.7. The van der Waals surface area contributed by atoms with Crippen molar-refractivity contribution >= 4 is 39.7 Å². The first-order chi connectivity index (χ1) is 14.2. The highest BCUT2D eigenvalue weighted by molar-refractivity contribution is 6.30. The number of rotatable bonds is 2. The predicted molar refractivity (Wildman–Crippen MR) is 118 cm³/mol. The Morgan fingerprint density at radius 2 is 1.72 bits per heavy atom. The van der Waals surface area contributed by atoms with Crippen LogP contribution in [0, 0.1) is 0 Å². The zero-order chi connectivity index (χ0) is 19.8. The summed E-state index contributed by atoms with van der Waals surface area (Å²) in [4.78, 5) is 17.6. The van der Waals surface area contributed by atoms with Crippen molar-refractivity contribution in [1.29, 1.82) is 0 Å². The third-order valence-corrected chi connectivity index (χ3v) is 5.36. The van der Waals surface area contributed by atoms with Gasteiger partial charge in [-0.15, -0.1) is 0 Å². The number of hydrogen-bond acceptors (Lipinski definition) is 4. The predicted octanol–water partition coefficient (Wildman–Crippen LogP) is 6.12. The second-order valence-corrected chi connectivity index (χ2v) is 7.45. The van der Waals surface area contributed by atoms with Crippen LogP contribution in [0.25, 0.3) is 11.0 Å². The van der Waals surface area contributed by atoms with Crippen LogP contribution >= 0.6 is 11.6 Å². The lowest BCUT2D eigenvalue weighted by Crippen LogP contribution is -2.19. The molecule has 1 aliphatic heterocycles.